The molecule has 1 amide bonds. The molecule has 7 rings (SSSR count). The maximum absolute atomic E-state index is 14.3. The number of nitrogens with one attached hydrogen (secondary N) is 1. The molecule has 5 heterocycles. The molecule has 1 aliphatic rings. The predicted molar refractivity (Wildman–Crippen MR) is 186 cm³/mol. The smallest absolute Gasteiger partial charge is 0.416 e. The molecule has 0 bridgehead atoms. The number of alkyl halides is 3. The highest BCUT2D eigenvalue weighted by molar-refractivity contribution is 7.22. The number of rotatable bonds is 8. The molecule has 0 atom stereocenters. The molecule has 6 aromatic rings. The van der Waals surface area contributed by atoms with E-state index in [-0.39, 0.29) is 34.3 Å². The van der Waals surface area contributed by atoms with Crippen molar-refractivity contribution in [2.75, 3.05) is 36.4 Å². The number of carbonyl (C=O) groups is 1. The van der Waals surface area contributed by atoms with Crippen molar-refractivity contribution in [1.82, 2.24) is 29.0 Å². The molecule has 50 heavy (non-hydrogen) atoms. The van der Waals surface area contributed by atoms with Crippen LogP contribution in [-0.4, -0.2) is 66.2 Å². The van der Waals surface area contributed by atoms with Gasteiger partial charge in [-0.1, -0.05) is 36.7 Å². The number of benzene rings is 2. The summed E-state index contributed by atoms with van der Waals surface area (Å²) in [6.07, 6.45) is -2.60. The number of hydrogen-bond acceptors (Lipinski definition) is 9. The van der Waals surface area contributed by atoms with E-state index in [2.05, 4.69) is 20.3 Å². The van der Waals surface area contributed by atoms with Crippen LogP contribution in [0.3, 0.4) is 0 Å². The Labute approximate surface area is 292 Å². The molecule has 1 aliphatic heterocycles. The van der Waals surface area contributed by atoms with E-state index in [9.17, 15) is 27.9 Å². The second-order valence-corrected chi connectivity index (χ2v) is 13.3. The number of pyridine rings is 1. The molecule has 0 aliphatic carbocycles. The van der Waals surface area contributed by atoms with Gasteiger partial charge in [-0.25, -0.2) is 0 Å². The molecule has 4 aromatic heterocycles. The number of amides is 1. The lowest BCUT2D eigenvalue weighted by Gasteiger charge is -2.36. The summed E-state index contributed by atoms with van der Waals surface area (Å²) in [5, 5.41) is 18.2. The third kappa shape index (κ3) is 6.51. The molecule has 0 radical (unpaired) electrons. The fraction of sp³-hybridized carbons (Fsp3) is 0.265. The van der Waals surface area contributed by atoms with Crippen LogP contribution in [-0.2, 0) is 30.5 Å². The maximum Gasteiger partial charge on any atom is 0.416 e. The molecule has 1 saturated heterocycles. The van der Waals surface area contributed by atoms with Gasteiger partial charge in [0.25, 0.3) is 5.56 Å². The number of fused-ring (bicyclic) bond motifs is 2. The third-order valence-electron chi connectivity index (χ3n) is 8.61. The van der Waals surface area contributed by atoms with Gasteiger partial charge in [-0.3, -0.25) is 19.5 Å². The summed E-state index contributed by atoms with van der Waals surface area (Å²) in [6.45, 7) is 4.11. The largest absolute Gasteiger partial charge is 0.506 e. The van der Waals surface area contributed by atoms with Gasteiger partial charge in [0.15, 0.2) is 5.82 Å². The van der Waals surface area contributed by atoms with Gasteiger partial charge in [-0.15, -0.1) is 16.4 Å². The van der Waals surface area contributed by atoms with Gasteiger partial charge in [0.2, 0.25) is 11.7 Å². The number of nitrogens with zero attached hydrogens (tertiary/aromatic N) is 7. The van der Waals surface area contributed by atoms with Crippen molar-refractivity contribution in [1.29, 1.82) is 0 Å². The zero-order valence-electron chi connectivity index (χ0n) is 26.6. The maximum atomic E-state index is 14.3. The monoisotopic (exact) mass is 722 g/mol. The first kappa shape index (κ1) is 33.5. The average molecular weight is 723 g/mol. The fourth-order valence-corrected chi connectivity index (χ4v) is 7.36. The van der Waals surface area contributed by atoms with E-state index in [0.717, 1.165) is 33.2 Å². The number of thiophene rings is 1. The number of hydrogen-bond donors (Lipinski definition) is 2. The van der Waals surface area contributed by atoms with E-state index >= 15 is 0 Å². The minimum Gasteiger partial charge on any atom is -0.506 e. The van der Waals surface area contributed by atoms with Gasteiger partial charge in [0.1, 0.15) is 18.0 Å². The SMILES string of the molecule is CCc1c(N2CCN(Cc3ncccc3O)CC2)c(=O)n2nc(-c3cc4ccccc4s3)nc2n1CC(=O)Nc1ccc(C(F)(F)F)cc1Cl. The number of piperazine rings is 1. The van der Waals surface area contributed by atoms with Crippen molar-refractivity contribution in [3.05, 3.63) is 99.2 Å². The van der Waals surface area contributed by atoms with E-state index in [1.165, 1.54) is 15.9 Å². The molecule has 0 unspecified atom stereocenters. The Morgan fingerprint density at radius 1 is 1.06 bits per heavy atom. The van der Waals surface area contributed by atoms with Crippen LogP contribution in [0.1, 0.15) is 23.9 Å². The lowest BCUT2D eigenvalue weighted by Crippen LogP contribution is -2.48. The number of aromatic nitrogens is 5. The van der Waals surface area contributed by atoms with Crippen LogP contribution >= 0.6 is 22.9 Å². The van der Waals surface area contributed by atoms with Crippen molar-refractivity contribution in [3.63, 3.8) is 0 Å². The summed E-state index contributed by atoms with van der Waals surface area (Å²) in [7, 11) is 0. The van der Waals surface area contributed by atoms with Gasteiger partial charge in [-0.2, -0.15) is 22.7 Å². The zero-order chi connectivity index (χ0) is 35.2. The Hall–Kier alpha value is -4.99. The lowest BCUT2D eigenvalue weighted by molar-refractivity contribution is -0.137. The van der Waals surface area contributed by atoms with Crippen LogP contribution in [0.15, 0.2) is 71.7 Å². The molecule has 0 spiro atoms. The van der Waals surface area contributed by atoms with Crippen molar-refractivity contribution in [3.8, 4) is 16.5 Å². The third-order valence-corrected chi connectivity index (χ3v) is 10.0. The minimum atomic E-state index is -4.59. The zero-order valence-corrected chi connectivity index (χ0v) is 28.2. The highest BCUT2D eigenvalue weighted by atomic mass is 35.5. The van der Waals surface area contributed by atoms with Crippen LogP contribution in [0, 0.1) is 0 Å². The summed E-state index contributed by atoms with van der Waals surface area (Å²) < 4.78 is 43.5. The molecule has 1 fully saturated rings. The van der Waals surface area contributed by atoms with Gasteiger partial charge in [-0.05, 0) is 54.3 Å². The number of aromatic hydroxyl groups is 1. The Kier molecular flexibility index (Phi) is 8.96. The second kappa shape index (κ2) is 13.4. The van der Waals surface area contributed by atoms with Crippen molar-refractivity contribution in [2.45, 2.75) is 32.6 Å². The number of anilines is 2. The Bertz CT molecular complexity index is 2260. The van der Waals surface area contributed by atoms with Crippen molar-refractivity contribution >= 4 is 56.1 Å². The van der Waals surface area contributed by atoms with Crippen LogP contribution in [0.4, 0.5) is 24.5 Å². The first-order valence-electron chi connectivity index (χ1n) is 15.8. The van der Waals surface area contributed by atoms with E-state index in [4.69, 9.17) is 16.6 Å². The van der Waals surface area contributed by atoms with E-state index in [1.807, 2.05) is 42.2 Å². The minimum absolute atomic E-state index is 0.0162. The topological polar surface area (TPSA) is 121 Å². The Morgan fingerprint density at radius 3 is 2.54 bits per heavy atom. The van der Waals surface area contributed by atoms with E-state index < -0.39 is 17.6 Å². The molecule has 0 saturated carbocycles. The summed E-state index contributed by atoms with van der Waals surface area (Å²) in [5.74, 6) is 0.0145. The molecule has 258 valence electrons. The van der Waals surface area contributed by atoms with Gasteiger partial charge in [0, 0.05) is 43.6 Å². The van der Waals surface area contributed by atoms with E-state index in [0.29, 0.717) is 62.0 Å². The van der Waals surface area contributed by atoms with Crippen molar-refractivity contribution in [2.24, 2.45) is 0 Å². The quantitative estimate of drug-likeness (QED) is 0.194. The van der Waals surface area contributed by atoms with Gasteiger partial charge >= 0.3 is 6.18 Å². The molecule has 16 heteroatoms. The molecular weight excluding hydrogens is 693 g/mol. The highest BCUT2D eigenvalue weighted by Crippen LogP contribution is 2.35. The molecular formula is C34H30ClF3N8O3S. The predicted octanol–water partition coefficient (Wildman–Crippen LogP) is 6.07. The number of halogens is 4. The molecule has 2 aromatic carbocycles. The standard InChI is InChI=1S/C34H30ClF3N8O3S/c1-2-25-30(44-14-12-43(13-15-44)18-24-26(47)7-5-11-39-24)32(49)46-33(41-31(42-46)28-16-20-6-3-4-8-27(20)50-28)45(25)19-29(48)40-23-10-9-21(17-22(23)35)34(36,37)38/h3-11,16-17,47H,2,12-15,18-19H2,1H3,(H,40,48). The Balaban J connectivity index is 1.25. The van der Waals surface area contributed by atoms with Crippen LogP contribution in [0.25, 0.3) is 26.6 Å². The van der Waals surface area contributed by atoms with Gasteiger partial charge in [0.05, 0.1) is 32.5 Å². The summed E-state index contributed by atoms with van der Waals surface area (Å²) >= 11 is 7.62. The lowest BCUT2D eigenvalue weighted by atomic mass is 10.2. The fourth-order valence-electron chi connectivity index (χ4n) is 6.14. The van der Waals surface area contributed by atoms with Crippen molar-refractivity contribution < 1.29 is 23.1 Å². The average Bonchev–Trinajstić information content (AvgIpc) is 3.73. The molecule has 11 nitrogen and oxygen atoms in total. The molecule has 2 N–H and O–H groups in total. The highest BCUT2D eigenvalue weighted by Gasteiger charge is 2.31. The van der Waals surface area contributed by atoms with Gasteiger partial charge < -0.3 is 19.9 Å². The van der Waals surface area contributed by atoms with Crippen LogP contribution in [0.2, 0.25) is 5.02 Å². The van der Waals surface area contributed by atoms with E-state index in [1.54, 1.807) is 22.9 Å². The Morgan fingerprint density at radius 2 is 1.84 bits per heavy atom. The van der Waals surface area contributed by atoms with Crippen LogP contribution in [0.5, 0.6) is 5.75 Å². The second-order valence-electron chi connectivity index (χ2n) is 11.8. The summed E-state index contributed by atoms with van der Waals surface area (Å²) in [5.41, 5.74) is 0.206. The first-order chi connectivity index (χ1) is 24.0. The first-order valence-corrected chi connectivity index (χ1v) is 17.0. The number of carbonyl (C=O) groups excluding carboxylic acids is 1. The summed E-state index contributed by atoms with van der Waals surface area (Å²) in [6, 6.07) is 15.7. The summed E-state index contributed by atoms with van der Waals surface area (Å²) in [4.78, 5) is 41.7. The normalized spacial score (nSPS) is 14.1. The van der Waals surface area contributed by atoms with Crippen LogP contribution < -0.4 is 15.8 Å².